The quantitative estimate of drug-likeness (QED) is 0.832. The highest BCUT2D eigenvalue weighted by Gasteiger charge is 2.31. The predicted octanol–water partition coefficient (Wildman–Crippen LogP) is 1.55. The van der Waals surface area contributed by atoms with Gasteiger partial charge in [0, 0.05) is 38.7 Å². The Bertz CT molecular complexity index is 572. The fraction of sp³-hybridized carbons (Fsp3) is 0.562. The molecule has 124 valence electrons. The number of aromatic nitrogens is 1. The molecule has 0 radical (unpaired) electrons. The molecule has 6 nitrogen and oxygen atoms in total. The minimum atomic E-state index is 0.0887. The van der Waals surface area contributed by atoms with E-state index in [9.17, 15) is 9.59 Å². The molecule has 0 spiro atoms. The maximum absolute atomic E-state index is 12.2. The lowest BCUT2D eigenvalue weighted by atomic mass is 10.1. The van der Waals surface area contributed by atoms with Crippen LogP contribution in [0.3, 0.4) is 0 Å². The molecule has 23 heavy (non-hydrogen) atoms. The van der Waals surface area contributed by atoms with E-state index in [1.54, 1.807) is 11.8 Å². The molecule has 3 rings (SSSR count). The van der Waals surface area contributed by atoms with E-state index in [1.807, 2.05) is 18.3 Å². The van der Waals surface area contributed by atoms with Gasteiger partial charge >= 0.3 is 0 Å². The Morgan fingerprint density at radius 1 is 1.39 bits per heavy atom. The van der Waals surface area contributed by atoms with Crippen LogP contribution in [-0.2, 0) is 14.3 Å². The number of nitrogens with zero attached hydrogens (tertiary/aromatic N) is 3. The lowest BCUT2D eigenvalue weighted by molar-refractivity contribution is -0.117. The summed E-state index contributed by atoms with van der Waals surface area (Å²) in [6.07, 6.45) is 2.32. The van der Waals surface area contributed by atoms with Crippen molar-refractivity contribution in [3.8, 4) is 0 Å². The van der Waals surface area contributed by atoms with Crippen LogP contribution < -0.4 is 9.80 Å². The number of ether oxygens (including phenoxy) is 1. The zero-order chi connectivity index (χ0) is 16.2. The smallest absolute Gasteiger partial charge is 0.228 e. The number of morpholine rings is 1. The molecule has 1 aromatic rings. The van der Waals surface area contributed by atoms with E-state index in [2.05, 4.69) is 9.88 Å². The van der Waals surface area contributed by atoms with Gasteiger partial charge < -0.3 is 9.64 Å². The zero-order valence-electron chi connectivity index (χ0n) is 13.2. The molecule has 2 saturated heterocycles. The van der Waals surface area contributed by atoms with Crippen LogP contribution in [0, 0.1) is 5.92 Å². The van der Waals surface area contributed by atoms with Crippen LogP contribution in [0.15, 0.2) is 18.3 Å². The van der Waals surface area contributed by atoms with Gasteiger partial charge in [-0.25, -0.2) is 4.98 Å². The standard InChI is InChI=1S/C16H21N3O3S/c1-12(20)23-11-13-8-16(21)19(10-13)15-3-2-14(9-17-15)18-4-6-22-7-5-18/h2-3,9,13H,4-8,10-11H2,1H3. The average Bonchev–Trinajstić information content (AvgIpc) is 2.95. The Balaban J connectivity index is 1.62. The van der Waals surface area contributed by atoms with Gasteiger partial charge in [-0.3, -0.25) is 14.5 Å². The van der Waals surface area contributed by atoms with Crippen molar-refractivity contribution in [3.63, 3.8) is 0 Å². The largest absolute Gasteiger partial charge is 0.378 e. The average molecular weight is 335 g/mol. The van der Waals surface area contributed by atoms with Crippen LogP contribution in [0.5, 0.6) is 0 Å². The van der Waals surface area contributed by atoms with Gasteiger partial charge in [0.15, 0.2) is 5.12 Å². The lowest BCUT2D eigenvalue weighted by Gasteiger charge is -2.28. The number of carbonyl (C=O) groups is 2. The Hall–Kier alpha value is -1.60. The molecule has 2 aliphatic heterocycles. The number of anilines is 2. The van der Waals surface area contributed by atoms with Gasteiger partial charge in [0.1, 0.15) is 5.82 Å². The molecule has 0 saturated carbocycles. The predicted molar refractivity (Wildman–Crippen MR) is 90.9 cm³/mol. The number of rotatable bonds is 4. The van der Waals surface area contributed by atoms with Gasteiger partial charge in [-0.05, 0) is 18.1 Å². The third-order valence-electron chi connectivity index (χ3n) is 4.11. The number of thioether (sulfide) groups is 1. The van der Waals surface area contributed by atoms with Gasteiger partial charge in [-0.15, -0.1) is 0 Å². The maximum atomic E-state index is 12.2. The van der Waals surface area contributed by atoms with Crippen molar-refractivity contribution in [2.75, 3.05) is 48.4 Å². The molecule has 2 fully saturated rings. The third kappa shape index (κ3) is 4.03. The van der Waals surface area contributed by atoms with Crippen LogP contribution in [0.4, 0.5) is 11.5 Å². The number of hydrogen-bond donors (Lipinski definition) is 0. The summed E-state index contributed by atoms with van der Waals surface area (Å²) in [6, 6.07) is 3.92. The first-order valence-electron chi connectivity index (χ1n) is 7.86. The van der Waals surface area contributed by atoms with Crippen LogP contribution in [0.2, 0.25) is 0 Å². The van der Waals surface area contributed by atoms with Crippen LogP contribution in [0.1, 0.15) is 13.3 Å². The second-order valence-corrected chi connectivity index (χ2v) is 7.05. The topological polar surface area (TPSA) is 62.7 Å². The van der Waals surface area contributed by atoms with Crippen molar-refractivity contribution >= 4 is 34.3 Å². The molecule has 1 aromatic heterocycles. The van der Waals surface area contributed by atoms with E-state index in [1.165, 1.54) is 11.8 Å². The molecule has 1 atom stereocenters. The number of carbonyl (C=O) groups excluding carboxylic acids is 2. The van der Waals surface area contributed by atoms with Crippen molar-refractivity contribution in [2.24, 2.45) is 5.92 Å². The van der Waals surface area contributed by atoms with Gasteiger partial charge in [-0.1, -0.05) is 11.8 Å². The third-order valence-corrected chi connectivity index (χ3v) is 5.16. The Labute approximate surface area is 140 Å². The van der Waals surface area contributed by atoms with E-state index >= 15 is 0 Å². The Kier molecular flexibility index (Phi) is 5.17. The highest BCUT2D eigenvalue weighted by atomic mass is 32.2. The summed E-state index contributed by atoms with van der Waals surface area (Å²) >= 11 is 1.29. The fourth-order valence-corrected chi connectivity index (χ4v) is 3.59. The first kappa shape index (κ1) is 16.3. The molecule has 3 heterocycles. The molecular formula is C16H21N3O3S. The van der Waals surface area contributed by atoms with Gasteiger partial charge in [-0.2, -0.15) is 0 Å². The molecule has 0 aliphatic carbocycles. The van der Waals surface area contributed by atoms with E-state index in [0.717, 1.165) is 32.0 Å². The summed E-state index contributed by atoms with van der Waals surface area (Å²) < 4.78 is 5.35. The van der Waals surface area contributed by atoms with Crippen molar-refractivity contribution in [1.29, 1.82) is 0 Å². The van der Waals surface area contributed by atoms with E-state index in [4.69, 9.17) is 4.74 Å². The molecule has 0 bridgehead atoms. The summed E-state index contributed by atoms with van der Waals surface area (Å²) in [4.78, 5) is 31.7. The zero-order valence-corrected chi connectivity index (χ0v) is 14.1. The molecule has 0 aromatic carbocycles. The highest BCUT2D eigenvalue weighted by molar-refractivity contribution is 8.13. The van der Waals surface area contributed by atoms with E-state index in [0.29, 0.717) is 24.5 Å². The summed E-state index contributed by atoms with van der Waals surface area (Å²) in [6.45, 7) is 5.42. The molecule has 0 N–H and O–H groups in total. The minimum Gasteiger partial charge on any atom is -0.378 e. The Morgan fingerprint density at radius 3 is 2.83 bits per heavy atom. The first-order valence-corrected chi connectivity index (χ1v) is 8.84. The monoisotopic (exact) mass is 335 g/mol. The second kappa shape index (κ2) is 7.31. The highest BCUT2D eigenvalue weighted by Crippen LogP contribution is 2.27. The fourth-order valence-electron chi connectivity index (χ4n) is 2.90. The number of amides is 1. The Morgan fingerprint density at radius 2 is 2.17 bits per heavy atom. The molecule has 7 heteroatoms. The van der Waals surface area contributed by atoms with Crippen molar-refractivity contribution < 1.29 is 14.3 Å². The molecule has 1 amide bonds. The van der Waals surface area contributed by atoms with Gasteiger partial charge in [0.25, 0.3) is 0 Å². The molecule has 2 aliphatic rings. The number of pyridine rings is 1. The second-order valence-electron chi connectivity index (χ2n) is 5.85. The summed E-state index contributed by atoms with van der Waals surface area (Å²) in [5.41, 5.74) is 1.06. The molecular weight excluding hydrogens is 314 g/mol. The summed E-state index contributed by atoms with van der Waals surface area (Å²) in [7, 11) is 0. The van der Waals surface area contributed by atoms with E-state index in [-0.39, 0.29) is 16.9 Å². The van der Waals surface area contributed by atoms with Gasteiger partial charge in [0.05, 0.1) is 25.1 Å². The summed E-state index contributed by atoms with van der Waals surface area (Å²) in [5.74, 6) is 1.70. The normalized spacial score (nSPS) is 21.8. The van der Waals surface area contributed by atoms with Crippen LogP contribution in [0.25, 0.3) is 0 Å². The van der Waals surface area contributed by atoms with Crippen LogP contribution >= 0.6 is 11.8 Å². The minimum absolute atomic E-state index is 0.0887. The maximum Gasteiger partial charge on any atom is 0.228 e. The van der Waals surface area contributed by atoms with Gasteiger partial charge in [0.2, 0.25) is 5.91 Å². The number of hydrogen-bond acceptors (Lipinski definition) is 6. The van der Waals surface area contributed by atoms with Crippen LogP contribution in [-0.4, -0.2) is 54.6 Å². The first-order chi connectivity index (χ1) is 11.1. The lowest BCUT2D eigenvalue weighted by Crippen LogP contribution is -2.36. The molecule has 1 unspecified atom stereocenters. The SMILES string of the molecule is CC(=O)SCC1CC(=O)N(c2ccc(N3CCOCC3)cn2)C1. The van der Waals surface area contributed by atoms with E-state index < -0.39 is 0 Å². The van der Waals surface area contributed by atoms with Crippen molar-refractivity contribution in [2.45, 2.75) is 13.3 Å². The summed E-state index contributed by atoms with van der Waals surface area (Å²) in [5, 5.41) is 0.101. The van der Waals surface area contributed by atoms with Crippen molar-refractivity contribution in [3.05, 3.63) is 18.3 Å². The van der Waals surface area contributed by atoms with Crippen molar-refractivity contribution in [1.82, 2.24) is 4.98 Å².